The quantitative estimate of drug-likeness (QED) is 0.890. The Morgan fingerprint density at radius 1 is 1.25 bits per heavy atom. The molecule has 108 valence electrons. The molecular formula is C16H21NO2S. The van der Waals surface area contributed by atoms with E-state index in [1.54, 1.807) is 0 Å². The highest BCUT2D eigenvalue weighted by atomic mass is 32.1. The van der Waals surface area contributed by atoms with Crippen molar-refractivity contribution in [2.75, 3.05) is 26.4 Å². The van der Waals surface area contributed by atoms with Crippen molar-refractivity contribution in [3.05, 3.63) is 35.2 Å². The number of thiophene rings is 1. The fourth-order valence-electron chi connectivity index (χ4n) is 2.77. The third-order valence-corrected chi connectivity index (χ3v) is 5.28. The van der Waals surface area contributed by atoms with Crippen LogP contribution in [0.3, 0.4) is 0 Å². The molecule has 20 heavy (non-hydrogen) atoms. The van der Waals surface area contributed by atoms with Crippen LogP contribution in [-0.4, -0.2) is 31.5 Å². The Morgan fingerprint density at radius 3 is 2.80 bits per heavy atom. The van der Waals surface area contributed by atoms with E-state index < -0.39 is 0 Å². The smallest absolute Gasteiger partial charge is 0.0501 e. The molecule has 0 radical (unpaired) electrons. The molecule has 1 aliphatic heterocycles. The molecule has 0 atom stereocenters. The lowest BCUT2D eigenvalue weighted by Gasteiger charge is -2.35. The Kier molecular flexibility index (Phi) is 4.36. The highest BCUT2D eigenvalue weighted by Crippen LogP contribution is 2.30. The maximum atomic E-state index is 9.66. The first-order chi connectivity index (χ1) is 9.81. The van der Waals surface area contributed by atoms with Crippen molar-refractivity contribution in [2.24, 2.45) is 5.41 Å². The van der Waals surface area contributed by atoms with Gasteiger partial charge in [-0.25, -0.2) is 0 Å². The largest absolute Gasteiger partial charge is 0.396 e. The van der Waals surface area contributed by atoms with Crippen LogP contribution in [-0.2, 0) is 11.3 Å². The molecule has 3 nitrogen and oxygen atoms in total. The van der Waals surface area contributed by atoms with Gasteiger partial charge in [0, 0.05) is 41.3 Å². The van der Waals surface area contributed by atoms with Gasteiger partial charge < -0.3 is 15.2 Å². The summed E-state index contributed by atoms with van der Waals surface area (Å²) in [6.07, 6.45) is 1.89. The van der Waals surface area contributed by atoms with Crippen molar-refractivity contribution < 1.29 is 9.84 Å². The zero-order chi connectivity index (χ0) is 13.8. The molecule has 0 unspecified atom stereocenters. The average molecular weight is 291 g/mol. The van der Waals surface area contributed by atoms with Crippen LogP contribution in [0.4, 0.5) is 0 Å². The van der Waals surface area contributed by atoms with E-state index in [2.05, 4.69) is 35.6 Å². The Labute approximate surface area is 123 Å². The number of rotatable bonds is 5. The van der Waals surface area contributed by atoms with Gasteiger partial charge in [-0.15, -0.1) is 11.3 Å². The van der Waals surface area contributed by atoms with Crippen molar-refractivity contribution in [2.45, 2.75) is 19.4 Å². The van der Waals surface area contributed by atoms with Crippen LogP contribution in [0.5, 0.6) is 0 Å². The van der Waals surface area contributed by atoms with E-state index in [1.165, 1.54) is 15.0 Å². The van der Waals surface area contributed by atoms with Crippen LogP contribution in [0.1, 0.15) is 17.7 Å². The molecule has 2 heterocycles. The standard InChI is InChI=1S/C16H21NO2S/c18-12-16(5-7-19-8-6-16)11-17-10-14-9-13-3-1-2-4-15(13)20-14/h1-4,9,17-18H,5-8,10-12H2. The zero-order valence-corrected chi connectivity index (χ0v) is 12.4. The summed E-state index contributed by atoms with van der Waals surface area (Å²) < 4.78 is 6.73. The topological polar surface area (TPSA) is 41.5 Å². The second kappa shape index (κ2) is 6.22. The van der Waals surface area contributed by atoms with Crippen molar-refractivity contribution in [1.82, 2.24) is 5.32 Å². The van der Waals surface area contributed by atoms with Crippen molar-refractivity contribution in [3.63, 3.8) is 0 Å². The molecule has 0 spiro atoms. The third kappa shape index (κ3) is 3.04. The summed E-state index contributed by atoms with van der Waals surface area (Å²) >= 11 is 1.84. The van der Waals surface area contributed by atoms with E-state index in [1.807, 2.05) is 11.3 Å². The van der Waals surface area contributed by atoms with Crippen molar-refractivity contribution in [1.29, 1.82) is 0 Å². The molecule has 2 N–H and O–H groups in total. The van der Waals surface area contributed by atoms with Gasteiger partial charge in [-0.3, -0.25) is 0 Å². The molecule has 0 aliphatic carbocycles. The van der Waals surface area contributed by atoms with Crippen LogP contribution in [0.2, 0.25) is 0 Å². The lowest BCUT2D eigenvalue weighted by atomic mass is 9.81. The maximum Gasteiger partial charge on any atom is 0.0501 e. The molecule has 3 rings (SSSR count). The number of fused-ring (bicyclic) bond motifs is 1. The normalized spacial score (nSPS) is 18.4. The van der Waals surface area contributed by atoms with E-state index in [0.717, 1.165) is 39.1 Å². The highest BCUT2D eigenvalue weighted by Gasteiger charge is 2.31. The molecule has 0 bridgehead atoms. The minimum Gasteiger partial charge on any atom is -0.396 e. The van der Waals surface area contributed by atoms with Crippen LogP contribution in [0.25, 0.3) is 10.1 Å². The van der Waals surface area contributed by atoms with Gasteiger partial charge in [0.1, 0.15) is 0 Å². The van der Waals surface area contributed by atoms with Crippen molar-refractivity contribution in [3.8, 4) is 0 Å². The van der Waals surface area contributed by atoms with Gasteiger partial charge in [0.05, 0.1) is 6.61 Å². The van der Waals surface area contributed by atoms with Gasteiger partial charge in [-0.1, -0.05) is 18.2 Å². The van der Waals surface area contributed by atoms with Crippen LogP contribution in [0, 0.1) is 5.41 Å². The van der Waals surface area contributed by atoms with Crippen LogP contribution < -0.4 is 5.32 Å². The number of hydrogen-bond acceptors (Lipinski definition) is 4. The summed E-state index contributed by atoms with van der Waals surface area (Å²) in [5, 5.41) is 14.5. The lowest BCUT2D eigenvalue weighted by Crippen LogP contribution is -2.41. The van der Waals surface area contributed by atoms with Gasteiger partial charge in [0.25, 0.3) is 0 Å². The maximum absolute atomic E-state index is 9.66. The summed E-state index contributed by atoms with van der Waals surface area (Å²) in [7, 11) is 0. The predicted molar refractivity (Wildman–Crippen MR) is 83.1 cm³/mol. The van der Waals surface area contributed by atoms with Crippen LogP contribution in [0.15, 0.2) is 30.3 Å². The fourth-order valence-corrected chi connectivity index (χ4v) is 3.80. The SMILES string of the molecule is OCC1(CNCc2cc3ccccc3s2)CCOCC1. The Balaban J connectivity index is 1.58. The molecule has 1 fully saturated rings. The van der Waals surface area contributed by atoms with E-state index >= 15 is 0 Å². The molecule has 0 saturated carbocycles. The minimum atomic E-state index is 0.00886. The number of benzene rings is 1. The van der Waals surface area contributed by atoms with Gasteiger partial charge in [0.15, 0.2) is 0 Å². The monoisotopic (exact) mass is 291 g/mol. The molecule has 4 heteroatoms. The first-order valence-electron chi connectivity index (χ1n) is 7.18. The molecule has 1 aromatic carbocycles. The molecule has 1 aromatic heterocycles. The van der Waals surface area contributed by atoms with Gasteiger partial charge >= 0.3 is 0 Å². The molecule has 0 amide bonds. The Hall–Kier alpha value is -0.940. The van der Waals surface area contributed by atoms with E-state index in [-0.39, 0.29) is 12.0 Å². The second-order valence-corrected chi connectivity index (χ2v) is 6.79. The summed E-state index contributed by atoms with van der Waals surface area (Å²) in [4.78, 5) is 1.35. The zero-order valence-electron chi connectivity index (χ0n) is 11.6. The summed E-state index contributed by atoms with van der Waals surface area (Å²) in [5.74, 6) is 0. The predicted octanol–water partition coefficient (Wildman–Crippen LogP) is 2.78. The fraction of sp³-hybridized carbons (Fsp3) is 0.500. The van der Waals surface area contributed by atoms with E-state index in [0.29, 0.717) is 0 Å². The summed E-state index contributed by atoms with van der Waals surface area (Å²) in [6.45, 7) is 3.52. The van der Waals surface area contributed by atoms with Gasteiger partial charge in [-0.2, -0.15) is 0 Å². The Morgan fingerprint density at radius 2 is 2.05 bits per heavy atom. The third-order valence-electron chi connectivity index (χ3n) is 4.16. The average Bonchev–Trinajstić information content (AvgIpc) is 2.91. The summed E-state index contributed by atoms with van der Waals surface area (Å²) in [5.41, 5.74) is 0.00886. The second-order valence-electron chi connectivity index (χ2n) is 5.62. The first kappa shape index (κ1) is 14.0. The Bertz CT molecular complexity index is 527. The molecule has 1 saturated heterocycles. The number of hydrogen-bond donors (Lipinski definition) is 2. The number of aliphatic hydroxyl groups is 1. The molecule has 2 aromatic rings. The van der Waals surface area contributed by atoms with Gasteiger partial charge in [-0.05, 0) is 30.4 Å². The lowest BCUT2D eigenvalue weighted by molar-refractivity contribution is -0.0153. The highest BCUT2D eigenvalue weighted by molar-refractivity contribution is 7.19. The number of nitrogens with one attached hydrogen (secondary N) is 1. The number of ether oxygens (including phenoxy) is 1. The first-order valence-corrected chi connectivity index (χ1v) is 8.00. The van der Waals surface area contributed by atoms with Crippen molar-refractivity contribution >= 4 is 21.4 Å². The van der Waals surface area contributed by atoms with Gasteiger partial charge in [0.2, 0.25) is 0 Å². The molecule has 1 aliphatic rings. The van der Waals surface area contributed by atoms with E-state index in [4.69, 9.17) is 4.74 Å². The summed E-state index contributed by atoms with van der Waals surface area (Å²) in [6, 6.07) is 10.7. The minimum absolute atomic E-state index is 0.00886. The molecular weight excluding hydrogens is 270 g/mol. The number of aliphatic hydroxyl groups excluding tert-OH is 1. The van der Waals surface area contributed by atoms with E-state index in [9.17, 15) is 5.11 Å². The van der Waals surface area contributed by atoms with Crippen LogP contribution >= 0.6 is 11.3 Å².